The molecule has 18 heavy (non-hydrogen) atoms. The van der Waals surface area contributed by atoms with Crippen molar-refractivity contribution in [2.24, 2.45) is 5.73 Å². The summed E-state index contributed by atoms with van der Waals surface area (Å²) in [4.78, 5) is 18.9. The molecule has 3 rings (SSSR count). The lowest BCUT2D eigenvalue weighted by Gasteiger charge is -1.99. The number of hydrogen-bond donors (Lipinski definition) is 2. The van der Waals surface area contributed by atoms with Crippen LogP contribution >= 0.6 is 0 Å². The van der Waals surface area contributed by atoms with Crippen molar-refractivity contribution in [3.05, 3.63) is 41.2 Å². The zero-order chi connectivity index (χ0) is 13.0. The second-order valence-electron chi connectivity index (χ2n) is 3.14. The quantitative estimate of drug-likeness (QED) is 0.595. The van der Waals surface area contributed by atoms with Crippen molar-refractivity contribution in [2.75, 3.05) is 7.05 Å². The summed E-state index contributed by atoms with van der Waals surface area (Å²) in [6, 6.07) is 2.96. The summed E-state index contributed by atoms with van der Waals surface area (Å²) in [6.07, 6.45) is 4.74. The van der Waals surface area contributed by atoms with Crippen LogP contribution in [0.3, 0.4) is 0 Å². The van der Waals surface area contributed by atoms with Gasteiger partial charge in [-0.3, -0.25) is 4.79 Å². The Hall–Kier alpha value is -2.61. The van der Waals surface area contributed by atoms with Gasteiger partial charge < -0.3 is 5.73 Å². The number of fused-ring (bicyclic) bond motifs is 1. The minimum absolute atomic E-state index is 0.255. The lowest BCUT2D eigenvalue weighted by atomic mass is 10.4. The van der Waals surface area contributed by atoms with Crippen molar-refractivity contribution in [2.45, 2.75) is 0 Å². The topological polar surface area (TPSA) is 115 Å². The summed E-state index contributed by atoms with van der Waals surface area (Å²) in [5.74, 6) is 0.508. The molecule has 3 N–H and O–H groups in total. The van der Waals surface area contributed by atoms with E-state index in [1.807, 2.05) is 0 Å². The van der Waals surface area contributed by atoms with Crippen LogP contribution in [0.1, 0.15) is 0 Å². The van der Waals surface area contributed by atoms with Gasteiger partial charge in [-0.05, 0) is 13.1 Å². The average molecular weight is 245 g/mol. The molecule has 0 aliphatic carbocycles. The highest BCUT2D eigenvalue weighted by Gasteiger charge is 2.06. The predicted molar refractivity (Wildman–Crippen MR) is 65.2 cm³/mol. The number of nitrogens with two attached hydrogens (primary N) is 1. The van der Waals surface area contributed by atoms with Crippen LogP contribution < -0.4 is 11.3 Å². The predicted octanol–water partition coefficient (Wildman–Crippen LogP) is -0.526. The lowest BCUT2D eigenvalue weighted by molar-refractivity contribution is 0.818. The number of aromatic nitrogens is 6. The summed E-state index contributed by atoms with van der Waals surface area (Å²) in [5, 5.41) is 11.2. The molecule has 0 radical (unpaired) electrons. The fourth-order valence-corrected chi connectivity index (χ4v) is 1.40. The maximum atomic E-state index is 10.9. The first-order chi connectivity index (χ1) is 8.84. The van der Waals surface area contributed by atoms with Gasteiger partial charge in [0.05, 0.1) is 11.6 Å². The van der Waals surface area contributed by atoms with Crippen LogP contribution in [0.5, 0.6) is 0 Å². The lowest BCUT2D eigenvalue weighted by Crippen LogP contribution is -2.10. The summed E-state index contributed by atoms with van der Waals surface area (Å²) >= 11 is 0. The molecule has 0 fully saturated rings. The SMILES string of the molecule is CN.O=c1ccc(-n2ncc3cncnc32)n[nH]1. The normalized spacial score (nSPS) is 9.89. The largest absolute Gasteiger partial charge is 0.333 e. The fraction of sp³-hybridized carbons (Fsp3) is 0.100. The molecule has 8 nitrogen and oxygen atoms in total. The second-order valence-corrected chi connectivity index (χ2v) is 3.14. The van der Waals surface area contributed by atoms with Crippen LogP contribution in [-0.2, 0) is 0 Å². The number of hydrogen-bond acceptors (Lipinski definition) is 6. The van der Waals surface area contributed by atoms with Gasteiger partial charge >= 0.3 is 0 Å². The van der Waals surface area contributed by atoms with Gasteiger partial charge in [0.2, 0.25) is 0 Å². The number of nitrogens with one attached hydrogen (secondary N) is 1. The fourth-order valence-electron chi connectivity index (χ4n) is 1.40. The molecule has 0 aromatic carbocycles. The molecule has 0 spiro atoms. The third kappa shape index (κ3) is 2.09. The minimum Gasteiger partial charge on any atom is -0.333 e. The molecule has 0 atom stereocenters. The average Bonchev–Trinajstić information content (AvgIpc) is 2.86. The van der Waals surface area contributed by atoms with Crippen molar-refractivity contribution >= 4 is 11.0 Å². The zero-order valence-corrected chi connectivity index (χ0v) is 9.61. The Labute approximate surface area is 101 Å². The van der Waals surface area contributed by atoms with E-state index in [4.69, 9.17) is 0 Å². The van der Waals surface area contributed by atoms with Crippen LogP contribution in [0.25, 0.3) is 16.9 Å². The van der Waals surface area contributed by atoms with Crippen molar-refractivity contribution in [3.8, 4) is 5.82 Å². The van der Waals surface area contributed by atoms with Crippen LogP contribution in [0, 0.1) is 0 Å². The van der Waals surface area contributed by atoms with E-state index in [-0.39, 0.29) is 5.56 Å². The molecule has 92 valence electrons. The molecule has 3 heterocycles. The van der Waals surface area contributed by atoms with Gasteiger partial charge in [0, 0.05) is 12.3 Å². The van der Waals surface area contributed by atoms with Gasteiger partial charge in [0.25, 0.3) is 5.56 Å². The summed E-state index contributed by atoms with van der Waals surface area (Å²) in [6.45, 7) is 0. The molecular formula is C10H11N7O. The Kier molecular flexibility index (Phi) is 3.39. The second kappa shape index (κ2) is 5.15. The van der Waals surface area contributed by atoms with Gasteiger partial charge in [-0.2, -0.15) is 14.9 Å². The van der Waals surface area contributed by atoms with Gasteiger partial charge in [-0.15, -0.1) is 0 Å². The van der Waals surface area contributed by atoms with Gasteiger partial charge in [-0.25, -0.2) is 15.1 Å². The molecular weight excluding hydrogens is 234 g/mol. The molecule has 0 aliphatic rings. The van der Waals surface area contributed by atoms with Gasteiger partial charge in [-0.1, -0.05) is 0 Å². The molecule has 0 bridgehead atoms. The minimum atomic E-state index is -0.255. The third-order valence-corrected chi connectivity index (χ3v) is 2.11. The maximum absolute atomic E-state index is 10.9. The Morgan fingerprint density at radius 3 is 2.83 bits per heavy atom. The summed E-state index contributed by atoms with van der Waals surface area (Å²) < 4.78 is 1.53. The van der Waals surface area contributed by atoms with E-state index in [0.717, 1.165) is 5.39 Å². The number of H-pyrrole nitrogens is 1. The molecule has 3 aromatic heterocycles. The molecule has 0 unspecified atom stereocenters. The van der Waals surface area contributed by atoms with Crippen LogP contribution in [0.15, 0.2) is 35.6 Å². The standard InChI is InChI=1S/C9H6N6O.CH5N/c16-8-2-1-7(13-14-8)15-9-6(4-12-15)3-10-5-11-9;1-2/h1-5H,(H,14,16);2H2,1H3. The van der Waals surface area contributed by atoms with E-state index >= 15 is 0 Å². The smallest absolute Gasteiger partial charge is 0.264 e. The number of nitrogens with zero attached hydrogens (tertiary/aromatic N) is 5. The van der Waals surface area contributed by atoms with E-state index in [1.165, 1.54) is 24.1 Å². The van der Waals surface area contributed by atoms with Gasteiger partial charge in [0.1, 0.15) is 6.33 Å². The van der Waals surface area contributed by atoms with E-state index < -0.39 is 0 Å². The van der Waals surface area contributed by atoms with Crippen LogP contribution in [0.2, 0.25) is 0 Å². The Bertz CT molecular complexity index is 682. The number of aromatic amines is 1. The Morgan fingerprint density at radius 2 is 2.11 bits per heavy atom. The molecule has 0 saturated heterocycles. The highest BCUT2D eigenvalue weighted by atomic mass is 16.1. The third-order valence-electron chi connectivity index (χ3n) is 2.11. The molecule has 0 saturated carbocycles. The monoisotopic (exact) mass is 245 g/mol. The number of rotatable bonds is 1. The Balaban J connectivity index is 0.000000574. The highest BCUT2D eigenvalue weighted by Crippen LogP contribution is 2.11. The van der Waals surface area contributed by atoms with Crippen molar-refractivity contribution in [1.29, 1.82) is 0 Å². The molecule has 0 amide bonds. The van der Waals surface area contributed by atoms with E-state index in [2.05, 4.69) is 31.0 Å². The first kappa shape index (κ1) is 11.9. The van der Waals surface area contributed by atoms with Crippen molar-refractivity contribution in [3.63, 3.8) is 0 Å². The van der Waals surface area contributed by atoms with Crippen molar-refractivity contribution < 1.29 is 0 Å². The molecule has 3 aromatic rings. The molecule has 0 aliphatic heterocycles. The zero-order valence-electron chi connectivity index (χ0n) is 9.61. The maximum Gasteiger partial charge on any atom is 0.264 e. The highest BCUT2D eigenvalue weighted by molar-refractivity contribution is 5.74. The van der Waals surface area contributed by atoms with Gasteiger partial charge in [0.15, 0.2) is 11.5 Å². The van der Waals surface area contributed by atoms with Crippen molar-refractivity contribution in [1.82, 2.24) is 29.9 Å². The first-order valence-electron chi connectivity index (χ1n) is 5.12. The summed E-state index contributed by atoms with van der Waals surface area (Å²) in [7, 11) is 1.50. The van der Waals surface area contributed by atoms with E-state index in [1.54, 1.807) is 18.5 Å². The first-order valence-corrected chi connectivity index (χ1v) is 5.12. The summed E-state index contributed by atoms with van der Waals surface area (Å²) in [5.41, 5.74) is 4.89. The van der Waals surface area contributed by atoms with E-state index in [0.29, 0.717) is 11.5 Å². The van der Waals surface area contributed by atoms with Crippen LogP contribution in [0.4, 0.5) is 0 Å². The molecule has 8 heteroatoms. The van der Waals surface area contributed by atoms with E-state index in [9.17, 15) is 4.79 Å². The van der Waals surface area contributed by atoms with Crippen LogP contribution in [-0.4, -0.2) is 37.0 Å². The Morgan fingerprint density at radius 1 is 1.28 bits per heavy atom.